The van der Waals surface area contributed by atoms with E-state index in [1.807, 2.05) is 39.1 Å². The van der Waals surface area contributed by atoms with Gasteiger partial charge < -0.3 is 10.2 Å². The maximum absolute atomic E-state index is 12.5. The maximum atomic E-state index is 12.5. The van der Waals surface area contributed by atoms with Crippen LogP contribution in [-0.4, -0.2) is 31.8 Å². The summed E-state index contributed by atoms with van der Waals surface area (Å²) < 4.78 is 0. The number of likely N-dealkylation sites (N-methyl/N-ethyl adjacent to an activating group) is 1. The Morgan fingerprint density at radius 3 is 2.60 bits per heavy atom. The Morgan fingerprint density at radius 1 is 1.30 bits per heavy atom. The third kappa shape index (κ3) is 2.61. The Balaban J connectivity index is 2.32. The minimum absolute atomic E-state index is 0.116. The van der Waals surface area contributed by atoms with E-state index in [-0.39, 0.29) is 23.7 Å². The molecule has 1 aromatic carbocycles. The molecule has 1 heterocycles. The van der Waals surface area contributed by atoms with Crippen LogP contribution in [0.15, 0.2) is 18.2 Å². The van der Waals surface area contributed by atoms with Gasteiger partial charge in [0, 0.05) is 24.7 Å². The fraction of sp³-hybridized carbons (Fsp3) is 0.500. The first-order chi connectivity index (χ1) is 9.45. The van der Waals surface area contributed by atoms with Gasteiger partial charge in [0.05, 0.1) is 6.04 Å². The highest BCUT2D eigenvalue weighted by Crippen LogP contribution is 2.28. The maximum Gasteiger partial charge on any atom is 0.227 e. The van der Waals surface area contributed by atoms with Crippen LogP contribution in [-0.2, 0) is 11.2 Å². The van der Waals surface area contributed by atoms with Crippen LogP contribution >= 0.6 is 0 Å². The van der Waals surface area contributed by atoms with Crippen molar-refractivity contribution in [3.05, 3.63) is 29.3 Å². The molecule has 4 nitrogen and oxygen atoms in total. The van der Waals surface area contributed by atoms with Gasteiger partial charge in [-0.1, -0.05) is 13.8 Å². The van der Waals surface area contributed by atoms with E-state index in [1.165, 1.54) is 0 Å². The molecule has 1 atom stereocenters. The van der Waals surface area contributed by atoms with Crippen molar-refractivity contribution in [3.8, 4) is 0 Å². The van der Waals surface area contributed by atoms with Crippen molar-refractivity contribution >= 4 is 17.4 Å². The highest BCUT2D eigenvalue weighted by molar-refractivity contribution is 6.02. The highest BCUT2D eigenvalue weighted by atomic mass is 16.2. The monoisotopic (exact) mass is 274 g/mol. The fourth-order valence-electron chi connectivity index (χ4n) is 2.76. The number of nitrogens with one attached hydrogen (secondary N) is 1. The average molecular weight is 274 g/mol. The second kappa shape index (κ2) is 5.75. The largest absolute Gasteiger partial charge is 0.315 e. The van der Waals surface area contributed by atoms with Crippen LogP contribution in [0.3, 0.4) is 0 Å². The molecule has 0 saturated heterocycles. The van der Waals surface area contributed by atoms with Gasteiger partial charge in [-0.2, -0.15) is 0 Å². The zero-order chi connectivity index (χ0) is 14.9. The van der Waals surface area contributed by atoms with Gasteiger partial charge in [0.2, 0.25) is 5.91 Å². The second-order valence-electron chi connectivity index (χ2n) is 5.67. The van der Waals surface area contributed by atoms with E-state index in [4.69, 9.17) is 0 Å². The number of hydrogen-bond acceptors (Lipinski definition) is 3. The third-order valence-corrected chi connectivity index (χ3v) is 3.97. The van der Waals surface area contributed by atoms with Gasteiger partial charge in [0.1, 0.15) is 0 Å². The predicted molar refractivity (Wildman–Crippen MR) is 80.2 cm³/mol. The van der Waals surface area contributed by atoms with E-state index >= 15 is 0 Å². The van der Waals surface area contributed by atoms with Gasteiger partial charge in [0.25, 0.3) is 0 Å². The number of aryl methyl sites for hydroxylation is 1. The summed E-state index contributed by atoms with van der Waals surface area (Å²) in [4.78, 5) is 25.8. The minimum atomic E-state index is -0.170. The Hall–Kier alpha value is -1.68. The molecule has 1 amide bonds. The summed E-state index contributed by atoms with van der Waals surface area (Å²) in [5, 5.41) is 3.08. The van der Waals surface area contributed by atoms with Gasteiger partial charge in [-0.15, -0.1) is 0 Å². The lowest BCUT2D eigenvalue weighted by Crippen LogP contribution is -2.39. The van der Waals surface area contributed by atoms with Crippen molar-refractivity contribution in [2.45, 2.75) is 32.7 Å². The van der Waals surface area contributed by atoms with Gasteiger partial charge in [-0.05, 0) is 43.1 Å². The fourth-order valence-corrected chi connectivity index (χ4v) is 2.76. The first-order valence-corrected chi connectivity index (χ1v) is 7.06. The minimum Gasteiger partial charge on any atom is -0.315 e. The molecule has 4 heteroatoms. The lowest BCUT2D eigenvalue weighted by atomic mass is 9.92. The van der Waals surface area contributed by atoms with Gasteiger partial charge >= 0.3 is 0 Å². The molecule has 0 aromatic heterocycles. The number of carbonyl (C=O) groups is 2. The summed E-state index contributed by atoms with van der Waals surface area (Å²) in [6, 6.07) is 5.47. The van der Waals surface area contributed by atoms with E-state index in [2.05, 4.69) is 5.32 Å². The summed E-state index contributed by atoms with van der Waals surface area (Å²) >= 11 is 0. The number of nitrogens with zero attached hydrogens (tertiary/aromatic N) is 1. The quantitative estimate of drug-likeness (QED) is 0.855. The van der Waals surface area contributed by atoms with Gasteiger partial charge in [0.15, 0.2) is 5.78 Å². The molecule has 1 unspecified atom stereocenters. The lowest BCUT2D eigenvalue weighted by molar-refractivity contribution is -0.118. The Bertz CT molecular complexity index is 537. The molecule has 0 bridgehead atoms. The molecule has 0 fully saturated rings. The molecule has 1 aliphatic rings. The van der Waals surface area contributed by atoms with Crippen molar-refractivity contribution in [1.29, 1.82) is 0 Å². The van der Waals surface area contributed by atoms with E-state index < -0.39 is 0 Å². The number of anilines is 1. The number of amides is 1. The summed E-state index contributed by atoms with van der Waals surface area (Å²) in [7, 11) is 3.60. The molecule has 20 heavy (non-hydrogen) atoms. The van der Waals surface area contributed by atoms with Gasteiger partial charge in [-0.3, -0.25) is 9.59 Å². The Morgan fingerprint density at radius 2 is 2.00 bits per heavy atom. The predicted octanol–water partition coefficient (Wildman–Crippen LogP) is 2.02. The number of ketones is 1. The van der Waals surface area contributed by atoms with Crippen LogP contribution in [0.4, 0.5) is 5.69 Å². The van der Waals surface area contributed by atoms with Crippen LogP contribution in [0.25, 0.3) is 0 Å². The molecule has 1 aromatic rings. The van der Waals surface area contributed by atoms with Crippen molar-refractivity contribution in [2.75, 3.05) is 19.0 Å². The van der Waals surface area contributed by atoms with E-state index in [0.29, 0.717) is 12.8 Å². The van der Waals surface area contributed by atoms with Crippen LogP contribution in [0, 0.1) is 5.92 Å². The number of fused-ring (bicyclic) bond motifs is 1. The number of Topliss-reactive ketones (excluding diaryl/α,β-unsaturated/α-hetero) is 1. The Labute approximate surface area is 120 Å². The average Bonchev–Trinajstić information content (AvgIpc) is 2.43. The van der Waals surface area contributed by atoms with E-state index in [1.54, 1.807) is 11.9 Å². The topological polar surface area (TPSA) is 49.4 Å². The summed E-state index contributed by atoms with van der Waals surface area (Å²) in [5.74, 6) is 0.490. The second-order valence-corrected chi connectivity index (χ2v) is 5.67. The SMILES string of the molecule is CNC(C(=O)c1ccc2c(c1)CCC(=O)N2C)C(C)C. The zero-order valence-corrected chi connectivity index (χ0v) is 12.6. The number of rotatable bonds is 4. The smallest absolute Gasteiger partial charge is 0.227 e. The molecule has 1 N–H and O–H groups in total. The molecule has 2 rings (SSSR count). The van der Waals surface area contributed by atoms with Crippen LogP contribution < -0.4 is 10.2 Å². The molecule has 0 spiro atoms. The molecular weight excluding hydrogens is 252 g/mol. The van der Waals surface area contributed by atoms with Crippen molar-refractivity contribution < 1.29 is 9.59 Å². The normalized spacial score (nSPS) is 16.2. The van der Waals surface area contributed by atoms with Gasteiger partial charge in [-0.25, -0.2) is 0 Å². The summed E-state index contributed by atoms with van der Waals surface area (Å²) in [6.07, 6.45) is 1.23. The summed E-state index contributed by atoms with van der Waals surface area (Å²) in [6.45, 7) is 4.06. The molecule has 0 aliphatic carbocycles. The molecule has 108 valence electrons. The van der Waals surface area contributed by atoms with Crippen molar-refractivity contribution in [3.63, 3.8) is 0 Å². The number of carbonyl (C=O) groups excluding carboxylic acids is 2. The molecule has 1 aliphatic heterocycles. The first kappa shape index (κ1) is 14.7. The van der Waals surface area contributed by atoms with E-state index in [0.717, 1.165) is 16.8 Å². The first-order valence-electron chi connectivity index (χ1n) is 7.06. The lowest BCUT2D eigenvalue weighted by Gasteiger charge is -2.26. The van der Waals surface area contributed by atoms with Crippen LogP contribution in [0.5, 0.6) is 0 Å². The zero-order valence-electron chi connectivity index (χ0n) is 12.6. The molecular formula is C16H22N2O2. The number of hydrogen-bond donors (Lipinski definition) is 1. The Kier molecular flexibility index (Phi) is 4.23. The molecule has 0 radical (unpaired) electrons. The standard InChI is InChI=1S/C16H22N2O2/c1-10(2)15(17-3)16(20)12-5-7-13-11(9-12)6-8-14(19)18(13)4/h5,7,9-10,15,17H,6,8H2,1-4H3. The van der Waals surface area contributed by atoms with E-state index in [9.17, 15) is 9.59 Å². The highest BCUT2D eigenvalue weighted by Gasteiger charge is 2.25. The van der Waals surface area contributed by atoms with Crippen LogP contribution in [0.2, 0.25) is 0 Å². The van der Waals surface area contributed by atoms with Crippen LogP contribution in [0.1, 0.15) is 36.2 Å². The number of benzene rings is 1. The summed E-state index contributed by atoms with van der Waals surface area (Å²) in [5.41, 5.74) is 2.72. The van der Waals surface area contributed by atoms with Crippen molar-refractivity contribution in [1.82, 2.24) is 5.32 Å². The molecule has 0 saturated carbocycles. The third-order valence-electron chi connectivity index (χ3n) is 3.97. The van der Waals surface area contributed by atoms with Crippen molar-refractivity contribution in [2.24, 2.45) is 5.92 Å².